The summed E-state index contributed by atoms with van der Waals surface area (Å²) in [6.45, 7) is 0. The van der Waals surface area contributed by atoms with Crippen molar-refractivity contribution in [2.45, 2.75) is 24.9 Å². The number of fused-ring (bicyclic) bond motifs is 2. The molecule has 1 aliphatic rings. The van der Waals surface area contributed by atoms with E-state index in [4.69, 9.17) is 10.7 Å². The fraction of sp³-hybridized carbons (Fsp3) is 0.235. The molecule has 0 saturated carbocycles. The van der Waals surface area contributed by atoms with Gasteiger partial charge in [-0.15, -0.1) is 11.3 Å². The molecule has 21 heavy (non-hydrogen) atoms. The summed E-state index contributed by atoms with van der Waals surface area (Å²) in [5, 5.41) is 13.5. The van der Waals surface area contributed by atoms with Crippen molar-refractivity contribution < 1.29 is 5.11 Å². The van der Waals surface area contributed by atoms with Crippen LogP contribution in [0.4, 0.5) is 5.69 Å². The summed E-state index contributed by atoms with van der Waals surface area (Å²) in [7, 11) is 0. The summed E-state index contributed by atoms with van der Waals surface area (Å²) in [4.78, 5) is 5.71. The van der Waals surface area contributed by atoms with E-state index in [0.717, 1.165) is 27.9 Å². The maximum atomic E-state index is 10.6. The molecule has 0 unspecified atom stereocenters. The van der Waals surface area contributed by atoms with Crippen LogP contribution in [0.1, 0.15) is 35.3 Å². The summed E-state index contributed by atoms with van der Waals surface area (Å²) in [6.07, 6.45) is 1.02. The molecule has 3 nitrogen and oxygen atoms in total. The molecule has 1 aromatic carbocycles. The number of benzene rings is 1. The normalized spacial score (nSPS) is 21.4. The fourth-order valence-corrected chi connectivity index (χ4v) is 4.09. The molecule has 0 bridgehead atoms. The zero-order valence-electron chi connectivity index (χ0n) is 11.5. The number of nitrogens with two attached hydrogens (primary N) is 1. The van der Waals surface area contributed by atoms with Crippen molar-refractivity contribution >= 4 is 27.2 Å². The molecular weight excluding hydrogens is 280 g/mol. The highest BCUT2D eigenvalue weighted by Gasteiger charge is 2.30. The number of aromatic nitrogens is 1. The van der Waals surface area contributed by atoms with Gasteiger partial charge in [-0.25, -0.2) is 4.98 Å². The molecule has 2 heterocycles. The molecule has 4 rings (SSSR count). The zero-order chi connectivity index (χ0) is 14.4. The minimum atomic E-state index is -0.532. The monoisotopic (exact) mass is 296 g/mol. The van der Waals surface area contributed by atoms with E-state index in [1.807, 2.05) is 29.6 Å². The average Bonchev–Trinajstić information content (AvgIpc) is 2.96. The maximum Gasteiger partial charge on any atom is 0.125 e. The van der Waals surface area contributed by atoms with E-state index in [9.17, 15) is 5.11 Å². The van der Waals surface area contributed by atoms with Crippen molar-refractivity contribution in [3.63, 3.8) is 0 Å². The second-order valence-corrected chi connectivity index (χ2v) is 6.48. The van der Waals surface area contributed by atoms with Crippen molar-refractivity contribution in [3.05, 3.63) is 58.6 Å². The Kier molecular flexibility index (Phi) is 2.94. The third kappa shape index (κ3) is 2.03. The summed E-state index contributed by atoms with van der Waals surface area (Å²) in [5.41, 5.74) is 10.0. The summed E-state index contributed by atoms with van der Waals surface area (Å²) < 4.78 is 0. The first-order valence-electron chi connectivity index (χ1n) is 7.12. The van der Waals surface area contributed by atoms with Crippen LogP contribution in [0, 0.1) is 0 Å². The van der Waals surface area contributed by atoms with Crippen LogP contribution in [0.2, 0.25) is 0 Å². The molecule has 0 amide bonds. The zero-order valence-corrected chi connectivity index (χ0v) is 12.3. The Morgan fingerprint density at radius 2 is 2.00 bits per heavy atom. The Morgan fingerprint density at radius 1 is 1.19 bits per heavy atom. The molecular formula is C17H16N2OS. The van der Waals surface area contributed by atoms with Crippen LogP contribution in [0.25, 0.3) is 10.2 Å². The Labute approximate surface area is 127 Å². The predicted octanol–water partition coefficient (Wildman–Crippen LogP) is 3.64. The van der Waals surface area contributed by atoms with E-state index in [1.165, 1.54) is 5.56 Å². The first kappa shape index (κ1) is 12.8. The van der Waals surface area contributed by atoms with Gasteiger partial charge < -0.3 is 10.8 Å². The van der Waals surface area contributed by atoms with Crippen LogP contribution in [0.3, 0.4) is 0 Å². The Hall–Kier alpha value is -1.91. The van der Waals surface area contributed by atoms with E-state index < -0.39 is 6.10 Å². The predicted molar refractivity (Wildman–Crippen MR) is 86.5 cm³/mol. The minimum absolute atomic E-state index is 0.304. The largest absolute Gasteiger partial charge is 0.398 e. The first-order valence-corrected chi connectivity index (χ1v) is 8.00. The Bertz CT molecular complexity index is 797. The molecule has 3 N–H and O–H groups in total. The number of nitrogens with zero attached hydrogens (tertiary/aromatic N) is 1. The molecule has 0 aliphatic heterocycles. The topological polar surface area (TPSA) is 59.1 Å². The quantitative estimate of drug-likeness (QED) is 0.720. The summed E-state index contributed by atoms with van der Waals surface area (Å²) >= 11 is 1.60. The second kappa shape index (κ2) is 4.83. The van der Waals surface area contributed by atoms with Crippen LogP contribution in [-0.4, -0.2) is 10.1 Å². The lowest BCUT2D eigenvalue weighted by Gasteiger charge is -2.29. The van der Waals surface area contributed by atoms with Gasteiger partial charge in [0.15, 0.2) is 0 Å². The van der Waals surface area contributed by atoms with Gasteiger partial charge in [0.05, 0.1) is 11.8 Å². The molecule has 0 saturated heterocycles. The highest BCUT2D eigenvalue weighted by molar-refractivity contribution is 7.16. The fourth-order valence-electron chi connectivity index (χ4n) is 3.29. The van der Waals surface area contributed by atoms with E-state index in [2.05, 4.69) is 12.1 Å². The standard InChI is InChI=1S/C17H16N2OS/c18-16-12-6-7-21-17(12)19-13-8-11(9-14(20)15(13)16)10-4-2-1-3-5-10/h1-7,11,14,20H,8-9H2,(H2,18,19)/t11-,14-/m0/s1. The lowest BCUT2D eigenvalue weighted by molar-refractivity contribution is 0.147. The van der Waals surface area contributed by atoms with Gasteiger partial charge in [-0.3, -0.25) is 0 Å². The number of hydrogen-bond acceptors (Lipinski definition) is 4. The Morgan fingerprint density at radius 3 is 2.81 bits per heavy atom. The molecule has 1 aliphatic carbocycles. The minimum Gasteiger partial charge on any atom is -0.398 e. The van der Waals surface area contributed by atoms with Crippen LogP contribution in [0.5, 0.6) is 0 Å². The van der Waals surface area contributed by atoms with Crippen molar-refractivity contribution in [2.24, 2.45) is 0 Å². The third-order valence-electron chi connectivity index (χ3n) is 4.32. The molecule has 106 valence electrons. The van der Waals surface area contributed by atoms with Crippen LogP contribution >= 0.6 is 11.3 Å². The summed E-state index contributed by atoms with van der Waals surface area (Å²) in [6, 6.07) is 12.3. The van der Waals surface area contributed by atoms with Gasteiger partial charge in [0.1, 0.15) is 4.83 Å². The third-order valence-corrected chi connectivity index (χ3v) is 5.13. The number of anilines is 1. The van der Waals surface area contributed by atoms with Gasteiger partial charge in [0, 0.05) is 16.6 Å². The number of aliphatic hydroxyl groups is 1. The van der Waals surface area contributed by atoms with Crippen molar-refractivity contribution in [1.29, 1.82) is 0 Å². The lowest BCUT2D eigenvalue weighted by atomic mass is 9.80. The highest BCUT2D eigenvalue weighted by atomic mass is 32.1. The molecule has 3 aromatic rings. The van der Waals surface area contributed by atoms with E-state index in [1.54, 1.807) is 11.3 Å². The van der Waals surface area contributed by atoms with E-state index in [0.29, 0.717) is 18.0 Å². The molecule has 2 aromatic heterocycles. The molecule has 0 spiro atoms. The van der Waals surface area contributed by atoms with Crippen LogP contribution < -0.4 is 5.73 Å². The molecule has 4 heteroatoms. The first-order chi connectivity index (χ1) is 10.2. The van der Waals surface area contributed by atoms with Crippen molar-refractivity contribution in [3.8, 4) is 0 Å². The van der Waals surface area contributed by atoms with E-state index in [-0.39, 0.29) is 0 Å². The van der Waals surface area contributed by atoms with Crippen LogP contribution in [-0.2, 0) is 6.42 Å². The van der Waals surface area contributed by atoms with Gasteiger partial charge in [0.2, 0.25) is 0 Å². The van der Waals surface area contributed by atoms with Gasteiger partial charge in [-0.2, -0.15) is 0 Å². The number of aliphatic hydroxyl groups excluding tert-OH is 1. The number of nitrogen functional groups attached to an aromatic ring is 1. The SMILES string of the molecule is Nc1c2c(nc3sccc13)C[C@H](c1ccccc1)C[C@@H]2O. The van der Waals surface area contributed by atoms with E-state index >= 15 is 0 Å². The van der Waals surface area contributed by atoms with Crippen LogP contribution in [0.15, 0.2) is 41.8 Å². The van der Waals surface area contributed by atoms with Gasteiger partial charge >= 0.3 is 0 Å². The van der Waals surface area contributed by atoms with Gasteiger partial charge in [-0.1, -0.05) is 30.3 Å². The van der Waals surface area contributed by atoms with Crippen molar-refractivity contribution in [1.82, 2.24) is 4.98 Å². The average molecular weight is 296 g/mol. The lowest BCUT2D eigenvalue weighted by Crippen LogP contribution is -2.20. The smallest absolute Gasteiger partial charge is 0.125 e. The number of thiophene rings is 1. The highest BCUT2D eigenvalue weighted by Crippen LogP contribution is 2.43. The number of hydrogen-bond donors (Lipinski definition) is 2. The summed E-state index contributed by atoms with van der Waals surface area (Å²) in [5.74, 6) is 0.304. The number of rotatable bonds is 1. The van der Waals surface area contributed by atoms with Gasteiger partial charge in [-0.05, 0) is 35.8 Å². The second-order valence-electron chi connectivity index (χ2n) is 5.59. The molecule has 0 fully saturated rings. The molecule has 0 radical (unpaired) electrons. The van der Waals surface area contributed by atoms with Gasteiger partial charge in [0.25, 0.3) is 0 Å². The number of pyridine rings is 1. The maximum absolute atomic E-state index is 10.6. The Balaban J connectivity index is 1.83. The molecule has 2 atom stereocenters. The van der Waals surface area contributed by atoms with Crippen molar-refractivity contribution in [2.75, 3.05) is 5.73 Å².